The maximum atomic E-state index is 6.16. The van der Waals surface area contributed by atoms with E-state index in [0.29, 0.717) is 21.1 Å². The highest BCUT2D eigenvalue weighted by molar-refractivity contribution is 6.44. The van der Waals surface area contributed by atoms with E-state index in [1.165, 1.54) is 0 Å². The third-order valence-corrected chi connectivity index (χ3v) is 4.31. The van der Waals surface area contributed by atoms with Gasteiger partial charge in [-0.3, -0.25) is 4.90 Å². The van der Waals surface area contributed by atoms with Crippen LogP contribution in [0.4, 0.5) is 5.69 Å². The van der Waals surface area contributed by atoms with Crippen molar-refractivity contribution in [1.82, 2.24) is 4.90 Å². The third kappa shape index (κ3) is 3.94. The van der Waals surface area contributed by atoms with Crippen molar-refractivity contribution in [3.05, 3.63) is 27.2 Å². The molecule has 2 rings (SSSR count). The van der Waals surface area contributed by atoms with Gasteiger partial charge in [0.15, 0.2) is 0 Å². The average Bonchev–Trinajstić information content (AvgIpc) is 2.38. The highest BCUT2D eigenvalue weighted by Crippen LogP contribution is 2.33. The summed E-state index contributed by atoms with van der Waals surface area (Å²) in [6.45, 7) is 2.72. The maximum absolute atomic E-state index is 6.16. The Labute approximate surface area is 129 Å². The summed E-state index contributed by atoms with van der Waals surface area (Å²) < 4.78 is 0. The number of terminal acetylenes is 1. The van der Waals surface area contributed by atoms with Crippen molar-refractivity contribution in [3.63, 3.8) is 0 Å². The Balaban J connectivity index is 1.96. The van der Waals surface area contributed by atoms with Gasteiger partial charge in [0, 0.05) is 19.1 Å². The topological polar surface area (TPSA) is 15.3 Å². The molecule has 0 spiro atoms. The Bertz CT molecular complexity index is 488. The van der Waals surface area contributed by atoms with Gasteiger partial charge in [0.05, 0.1) is 27.3 Å². The van der Waals surface area contributed by atoms with Gasteiger partial charge in [-0.15, -0.1) is 6.42 Å². The fourth-order valence-corrected chi connectivity index (χ4v) is 2.82. The van der Waals surface area contributed by atoms with E-state index >= 15 is 0 Å². The number of hydrogen-bond acceptors (Lipinski definition) is 2. The summed E-state index contributed by atoms with van der Waals surface area (Å²) in [4.78, 5) is 2.27. The number of nitrogens with one attached hydrogen (secondary N) is 1. The summed E-state index contributed by atoms with van der Waals surface area (Å²) in [5.74, 6) is 2.68. The Hall–Kier alpha value is -0.590. The highest BCUT2D eigenvalue weighted by Gasteiger charge is 2.19. The number of likely N-dealkylation sites (tertiary alicyclic amines) is 1. The van der Waals surface area contributed by atoms with Gasteiger partial charge in [-0.1, -0.05) is 40.7 Å². The van der Waals surface area contributed by atoms with Gasteiger partial charge < -0.3 is 5.32 Å². The van der Waals surface area contributed by atoms with Crippen molar-refractivity contribution < 1.29 is 0 Å². The molecule has 19 heavy (non-hydrogen) atoms. The second-order valence-corrected chi connectivity index (χ2v) is 5.87. The van der Waals surface area contributed by atoms with Crippen molar-refractivity contribution in [3.8, 4) is 12.3 Å². The maximum Gasteiger partial charge on any atom is 0.0653 e. The zero-order chi connectivity index (χ0) is 13.8. The lowest BCUT2D eigenvalue weighted by atomic mass is 10.0. The van der Waals surface area contributed by atoms with Gasteiger partial charge in [0.25, 0.3) is 0 Å². The Morgan fingerprint density at radius 1 is 1.16 bits per heavy atom. The fourth-order valence-electron chi connectivity index (χ4n) is 2.22. The summed E-state index contributed by atoms with van der Waals surface area (Å²) in [6, 6.07) is 3.84. The first-order chi connectivity index (χ1) is 9.10. The van der Waals surface area contributed by atoms with Crippen molar-refractivity contribution in [1.29, 1.82) is 0 Å². The Kier molecular flexibility index (Phi) is 5.24. The van der Waals surface area contributed by atoms with E-state index in [-0.39, 0.29) is 0 Å². The van der Waals surface area contributed by atoms with Gasteiger partial charge >= 0.3 is 0 Å². The van der Waals surface area contributed by atoms with Crippen LogP contribution >= 0.6 is 34.8 Å². The van der Waals surface area contributed by atoms with E-state index < -0.39 is 0 Å². The number of benzene rings is 1. The monoisotopic (exact) mass is 316 g/mol. The third-order valence-electron chi connectivity index (χ3n) is 3.27. The highest BCUT2D eigenvalue weighted by atomic mass is 35.5. The van der Waals surface area contributed by atoms with Crippen LogP contribution < -0.4 is 5.32 Å². The van der Waals surface area contributed by atoms with Crippen molar-refractivity contribution >= 4 is 40.5 Å². The molecule has 1 aromatic rings. The van der Waals surface area contributed by atoms with Crippen LogP contribution in [0.2, 0.25) is 15.1 Å². The molecule has 0 radical (unpaired) electrons. The van der Waals surface area contributed by atoms with Crippen molar-refractivity contribution in [2.45, 2.75) is 18.9 Å². The minimum Gasteiger partial charge on any atom is -0.381 e. The zero-order valence-corrected chi connectivity index (χ0v) is 12.7. The first-order valence-electron chi connectivity index (χ1n) is 6.17. The molecule has 0 aliphatic carbocycles. The molecule has 1 aliphatic rings. The standard InChI is InChI=1S/C14H15Cl3N2/c1-2-5-19-6-3-10(4-7-19)18-14-9-12(16)11(15)8-13(14)17/h1,8-10,18H,3-7H2. The summed E-state index contributed by atoms with van der Waals surface area (Å²) in [7, 11) is 0. The van der Waals surface area contributed by atoms with Crippen LogP contribution in [0.3, 0.4) is 0 Å². The van der Waals surface area contributed by atoms with Crippen LogP contribution in [-0.4, -0.2) is 30.6 Å². The molecule has 0 atom stereocenters. The van der Waals surface area contributed by atoms with Crippen LogP contribution in [0.15, 0.2) is 12.1 Å². The van der Waals surface area contributed by atoms with E-state index in [0.717, 1.165) is 38.2 Å². The molecule has 1 heterocycles. The van der Waals surface area contributed by atoms with Crippen LogP contribution in [0, 0.1) is 12.3 Å². The second-order valence-electron chi connectivity index (χ2n) is 4.65. The molecular formula is C14H15Cl3N2. The smallest absolute Gasteiger partial charge is 0.0653 e. The minimum atomic E-state index is 0.392. The lowest BCUT2D eigenvalue weighted by Gasteiger charge is -2.31. The van der Waals surface area contributed by atoms with E-state index in [4.69, 9.17) is 41.2 Å². The summed E-state index contributed by atoms with van der Waals surface area (Å²) in [5, 5.41) is 5.01. The molecule has 1 fully saturated rings. The number of anilines is 1. The van der Waals surface area contributed by atoms with E-state index in [2.05, 4.69) is 16.1 Å². The molecule has 0 aromatic heterocycles. The predicted octanol–water partition coefficient (Wildman–Crippen LogP) is 4.16. The van der Waals surface area contributed by atoms with Crippen molar-refractivity contribution in [2.24, 2.45) is 0 Å². The SMILES string of the molecule is C#CCN1CCC(Nc2cc(Cl)c(Cl)cc2Cl)CC1. The van der Waals surface area contributed by atoms with Gasteiger partial charge in [-0.05, 0) is 25.0 Å². The molecular weight excluding hydrogens is 303 g/mol. The lowest BCUT2D eigenvalue weighted by molar-refractivity contribution is 0.243. The zero-order valence-electron chi connectivity index (χ0n) is 10.4. The molecule has 1 saturated heterocycles. The predicted molar refractivity (Wildman–Crippen MR) is 83.4 cm³/mol. The Morgan fingerprint density at radius 3 is 2.42 bits per heavy atom. The summed E-state index contributed by atoms with van der Waals surface area (Å²) >= 11 is 18.1. The second kappa shape index (κ2) is 6.72. The van der Waals surface area contributed by atoms with E-state index in [9.17, 15) is 0 Å². The number of halogens is 3. The largest absolute Gasteiger partial charge is 0.381 e. The molecule has 1 aliphatic heterocycles. The van der Waals surface area contributed by atoms with Gasteiger partial charge in [0.1, 0.15) is 0 Å². The molecule has 0 unspecified atom stereocenters. The number of piperidine rings is 1. The van der Waals surface area contributed by atoms with Gasteiger partial charge in [-0.2, -0.15) is 0 Å². The molecule has 2 nitrogen and oxygen atoms in total. The van der Waals surface area contributed by atoms with E-state index in [1.807, 2.05) is 0 Å². The van der Waals surface area contributed by atoms with Crippen LogP contribution in [0.25, 0.3) is 0 Å². The summed E-state index contributed by atoms with van der Waals surface area (Å²) in [5.41, 5.74) is 0.839. The lowest BCUT2D eigenvalue weighted by Crippen LogP contribution is -2.39. The molecule has 0 bridgehead atoms. The number of nitrogens with zero attached hydrogens (tertiary/aromatic N) is 1. The molecule has 1 aromatic carbocycles. The molecule has 5 heteroatoms. The number of hydrogen-bond donors (Lipinski definition) is 1. The molecule has 102 valence electrons. The van der Waals surface area contributed by atoms with Gasteiger partial charge in [0.2, 0.25) is 0 Å². The quantitative estimate of drug-likeness (QED) is 0.665. The van der Waals surface area contributed by atoms with Crippen LogP contribution in [0.1, 0.15) is 12.8 Å². The first kappa shape index (κ1) is 14.8. The molecule has 1 N–H and O–H groups in total. The van der Waals surface area contributed by atoms with E-state index in [1.54, 1.807) is 12.1 Å². The average molecular weight is 318 g/mol. The minimum absolute atomic E-state index is 0.392. The summed E-state index contributed by atoms with van der Waals surface area (Å²) in [6.07, 6.45) is 7.40. The molecule has 0 amide bonds. The Morgan fingerprint density at radius 2 is 1.79 bits per heavy atom. The fraction of sp³-hybridized carbons (Fsp3) is 0.429. The normalized spacial score (nSPS) is 17.2. The molecule has 0 saturated carbocycles. The van der Waals surface area contributed by atoms with Crippen LogP contribution in [-0.2, 0) is 0 Å². The number of rotatable bonds is 3. The van der Waals surface area contributed by atoms with Crippen molar-refractivity contribution in [2.75, 3.05) is 25.0 Å². The van der Waals surface area contributed by atoms with Gasteiger partial charge in [-0.25, -0.2) is 0 Å². The first-order valence-corrected chi connectivity index (χ1v) is 7.30. The van der Waals surface area contributed by atoms with Crippen LogP contribution in [0.5, 0.6) is 0 Å².